The van der Waals surface area contributed by atoms with Crippen LogP contribution in [0, 0.1) is 0 Å². The lowest BCUT2D eigenvalue weighted by Crippen LogP contribution is -2.30. The van der Waals surface area contributed by atoms with Crippen LogP contribution in [-0.4, -0.2) is 28.7 Å². The van der Waals surface area contributed by atoms with Crippen LogP contribution in [0.2, 0.25) is 0 Å². The molecule has 2 nitrogen and oxygen atoms in total. The largest absolute Gasteiger partial charge is 0.390 e. The predicted molar refractivity (Wildman–Crippen MR) is 75.3 cm³/mol. The van der Waals surface area contributed by atoms with E-state index in [4.69, 9.17) is 0 Å². The molecule has 0 atom stereocenters. The summed E-state index contributed by atoms with van der Waals surface area (Å²) < 4.78 is 0. The molecule has 98 valence electrons. The van der Waals surface area contributed by atoms with Crippen LogP contribution in [0.25, 0.3) is 0 Å². The molecule has 0 saturated carbocycles. The fourth-order valence-electron chi connectivity index (χ4n) is 2.45. The third kappa shape index (κ3) is 4.28. The normalized spacial score (nSPS) is 17.6. The molecule has 1 aromatic rings. The van der Waals surface area contributed by atoms with Gasteiger partial charge >= 0.3 is 0 Å². The number of hydrogen-bond acceptors (Lipinski definition) is 2. The first-order valence-electron chi connectivity index (χ1n) is 6.69. The molecule has 1 aliphatic heterocycles. The molecule has 0 spiro atoms. The lowest BCUT2D eigenvalue weighted by atomic mass is 9.94. The molecule has 2 heteroatoms. The van der Waals surface area contributed by atoms with E-state index in [0.717, 1.165) is 32.5 Å². The van der Waals surface area contributed by atoms with Crippen LogP contribution in [0.5, 0.6) is 0 Å². The smallest absolute Gasteiger partial charge is 0.0628 e. The Hall–Kier alpha value is -1.12. The molecule has 0 unspecified atom stereocenters. The van der Waals surface area contributed by atoms with E-state index < -0.39 is 5.60 Å². The maximum atomic E-state index is 9.82. The first kappa shape index (κ1) is 13.3. The second-order valence-electron chi connectivity index (χ2n) is 5.82. The summed E-state index contributed by atoms with van der Waals surface area (Å²) in [6, 6.07) is 10.6. The van der Waals surface area contributed by atoms with Crippen LogP contribution in [0.4, 0.5) is 0 Å². The third-order valence-electron chi connectivity index (χ3n) is 3.30. The monoisotopic (exact) mass is 245 g/mol. The Morgan fingerprint density at radius 3 is 2.50 bits per heavy atom. The van der Waals surface area contributed by atoms with Gasteiger partial charge in [-0.25, -0.2) is 0 Å². The highest BCUT2D eigenvalue weighted by molar-refractivity contribution is 5.16. The fraction of sp³-hybridized carbons (Fsp3) is 0.500. The molecule has 1 aromatic carbocycles. The topological polar surface area (TPSA) is 23.5 Å². The van der Waals surface area contributed by atoms with Crippen molar-refractivity contribution in [1.82, 2.24) is 4.90 Å². The average Bonchev–Trinajstić information content (AvgIpc) is 2.31. The van der Waals surface area contributed by atoms with Gasteiger partial charge in [-0.2, -0.15) is 0 Å². The van der Waals surface area contributed by atoms with E-state index in [1.54, 1.807) is 0 Å². The molecular weight excluding hydrogens is 222 g/mol. The lowest BCUT2D eigenvalue weighted by Gasteiger charge is -2.28. The number of nitrogens with zero attached hydrogens (tertiary/aromatic N) is 1. The third-order valence-corrected chi connectivity index (χ3v) is 3.30. The summed E-state index contributed by atoms with van der Waals surface area (Å²) in [5.41, 5.74) is 2.19. The molecule has 1 heterocycles. The first-order valence-corrected chi connectivity index (χ1v) is 6.69. The van der Waals surface area contributed by atoms with Gasteiger partial charge in [0.25, 0.3) is 0 Å². The second kappa shape index (κ2) is 5.68. The van der Waals surface area contributed by atoms with E-state index >= 15 is 0 Å². The minimum Gasteiger partial charge on any atom is -0.390 e. The molecule has 0 bridgehead atoms. The predicted octanol–water partition coefficient (Wildman–Crippen LogP) is 2.98. The molecular formula is C16H23NO. The SMILES string of the molecule is CC(C)(O)CC1=CCN(Cc2ccccc2)CC1. The van der Waals surface area contributed by atoms with Gasteiger partial charge in [0, 0.05) is 19.6 Å². The van der Waals surface area contributed by atoms with Crippen LogP contribution < -0.4 is 0 Å². The van der Waals surface area contributed by atoms with Gasteiger partial charge in [0.05, 0.1) is 5.60 Å². The van der Waals surface area contributed by atoms with Gasteiger partial charge < -0.3 is 5.11 Å². The maximum absolute atomic E-state index is 9.82. The van der Waals surface area contributed by atoms with Gasteiger partial charge in [-0.1, -0.05) is 42.0 Å². The zero-order valence-corrected chi connectivity index (χ0v) is 11.4. The van der Waals surface area contributed by atoms with E-state index in [9.17, 15) is 5.11 Å². The van der Waals surface area contributed by atoms with Crippen LogP contribution in [0.3, 0.4) is 0 Å². The van der Waals surface area contributed by atoms with Crippen molar-refractivity contribution in [2.75, 3.05) is 13.1 Å². The molecule has 1 aliphatic rings. The molecule has 0 aromatic heterocycles. The second-order valence-corrected chi connectivity index (χ2v) is 5.82. The zero-order valence-electron chi connectivity index (χ0n) is 11.4. The van der Waals surface area contributed by atoms with Crippen LogP contribution in [0.15, 0.2) is 42.0 Å². The summed E-state index contributed by atoms with van der Waals surface area (Å²) >= 11 is 0. The van der Waals surface area contributed by atoms with Gasteiger partial charge in [-0.05, 0) is 32.3 Å². The van der Waals surface area contributed by atoms with Gasteiger partial charge in [-0.15, -0.1) is 0 Å². The van der Waals surface area contributed by atoms with Crippen molar-refractivity contribution in [1.29, 1.82) is 0 Å². The number of aliphatic hydroxyl groups is 1. The van der Waals surface area contributed by atoms with Crippen molar-refractivity contribution < 1.29 is 5.11 Å². The van der Waals surface area contributed by atoms with Crippen molar-refractivity contribution >= 4 is 0 Å². The standard InChI is InChI=1S/C16H23NO/c1-16(2,18)12-14-8-10-17(11-9-14)13-15-6-4-3-5-7-15/h3-8,18H,9-13H2,1-2H3. The summed E-state index contributed by atoms with van der Waals surface area (Å²) in [4.78, 5) is 2.45. The summed E-state index contributed by atoms with van der Waals surface area (Å²) in [7, 11) is 0. The number of hydrogen-bond donors (Lipinski definition) is 1. The van der Waals surface area contributed by atoms with E-state index in [0.29, 0.717) is 0 Å². The van der Waals surface area contributed by atoms with Gasteiger partial charge in [0.15, 0.2) is 0 Å². The van der Waals surface area contributed by atoms with Crippen molar-refractivity contribution in [3.63, 3.8) is 0 Å². The summed E-state index contributed by atoms with van der Waals surface area (Å²) in [6.45, 7) is 6.87. The summed E-state index contributed by atoms with van der Waals surface area (Å²) in [6.07, 6.45) is 4.16. The maximum Gasteiger partial charge on any atom is 0.0628 e. The molecule has 0 fully saturated rings. The molecule has 1 N–H and O–H groups in total. The lowest BCUT2D eigenvalue weighted by molar-refractivity contribution is 0.0787. The number of rotatable bonds is 4. The highest BCUT2D eigenvalue weighted by Gasteiger charge is 2.18. The Labute approximate surface area is 110 Å². The quantitative estimate of drug-likeness (QED) is 0.824. The van der Waals surface area contributed by atoms with Crippen molar-refractivity contribution in [3.8, 4) is 0 Å². The molecule has 18 heavy (non-hydrogen) atoms. The van der Waals surface area contributed by atoms with E-state index in [-0.39, 0.29) is 0 Å². The van der Waals surface area contributed by atoms with E-state index in [2.05, 4.69) is 41.3 Å². The summed E-state index contributed by atoms with van der Waals surface area (Å²) in [5.74, 6) is 0. The zero-order chi connectivity index (χ0) is 13.0. The highest BCUT2D eigenvalue weighted by Crippen LogP contribution is 2.22. The van der Waals surface area contributed by atoms with Crippen molar-refractivity contribution in [2.24, 2.45) is 0 Å². The minimum atomic E-state index is -0.576. The molecule has 0 radical (unpaired) electrons. The Kier molecular flexibility index (Phi) is 4.20. The van der Waals surface area contributed by atoms with Gasteiger partial charge in [-0.3, -0.25) is 4.90 Å². The van der Waals surface area contributed by atoms with E-state index in [1.165, 1.54) is 11.1 Å². The van der Waals surface area contributed by atoms with E-state index in [1.807, 2.05) is 13.8 Å². The van der Waals surface area contributed by atoms with Gasteiger partial charge in [0.2, 0.25) is 0 Å². The van der Waals surface area contributed by atoms with Crippen molar-refractivity contribution in [3.05, 3.63) is 47.5 Å². The molecule has 0 saturated heterocycles. The Bertz CT molecular complexity index is 403. The first-order chi connectivity index (χ1) is 8.53. The molecule has 0 amide bonds. The summed E-state index contributed by atoms with van der Waals surface area (Å²) in [5, 5.41) is 9.82. The van der Waals surface area contributed by atoms with Crippen LogP contribution in [-0.2, 0) is 6.54 Å². The Morgan fingerprint density at radius 1 is 1.22 bits per heavy atom. The molecule has 0 aliphatic carbocycles. The Balaban J connectivity index is 1.86. The molecule has 2 rings (SSSR count). The highest BCUT2D eigenvalue weighted by atomic mass is 16.3. The number of benzene rings is 1. The fourth-order valence-corrected chi connectivity index (χ4v) is 2.45. The minimum absolute atomic E-state index is 0.576. The van der Waals surface area contributed by atoms with Gasteiger partial charge in [0.1, 0.15) is 0 Å². The average molecular weight is 245 g/mol. The van der Waals surface area contributed by atoms with Crippen LogP contribution >= 0.6 is 0 Å². The Morgan fingerprint density at radius 2 is 1.94 bits per heavy atom. The van der Waals surface area contributed by atoms with Crippen molar-refractivity contribution in [2.45, 2.75) is 38.8 Å². The van der Waals surface area contributed by atoms with Crippen LogP contribution in [0.1, 0.15) is 32.3 Å².